The van der Waals surface area contributed by atoms with E-state index in [1.165, 1.54) is 11.8 Å². The monoisotopic (exact) mass is 391 g/mol. The van der Waals surface area contributed by atoms with Crippen molar-refractivity contribution in [2.45, 2.75) is 17.0 Å². The first kappa shape index (κ1) is 18.0. The van der Waals surface area contributed by atoms with Gasteiger partial charge >= 0.3 is 0 Å². The van der Waals surface area contributed by atoms with Crippen molar-refractivity contribution in [2.24, 2.45) is 7.05 Å². The number of nitrogens with one attached hydrogen (secondary N) is 1. The van der Waals surface area contributed by atoms with Gasteiger partial charge in [0.15, 0.2) is 0 Å². The second-order valence-electron chi connectivity index (χ2n) is 6.27. The third-order valence-corrected chi connectivity index (χ3v) is 5.48. The van der Waals surface area contributed by atoms with Crippen LogP contribution in [0.3, 0.4) is 0 Å². The molecule has 7 nitrogen and oxygen atoms in total. The molecule has 0 radical (unpaired) electrons. The van der Waals surface area contributed by atoms with Crippen LogP contribution in [0.1, 0.15) is 15.9 Å². The molecular weight excluding hydrogens is 374 g/mol. The van der Waals surface area contributed by atoms with Gasteiger partial charge in [0.1, 0.15) is 5.75 Å². The SMILES string of the molecule is Cc1ccccc1NC(=O)c1cc(Sc2nnnn2C)c2ccccc2c1O. The molecule has 0 bridgehead atoms. The normalized spacial score (nSPS) is 10.9. The van der Waals surface area contributed by atoms with E-state index in [9.17, 15) is 9.90 Å². The number of amides is 1. The molecule has 28 heavy (non-hydrogen) atoms. The van der Waals surface area contributed by atoms with E-state index in [0.29, 0.717) is 16.2 Å². The quantitative estimate of drug-likeness (QED) is 0.550. The molecule has 1 aromatic heterocycles. The maximum Gasteiger partial charge on any atom is 0.259 e. The van der Waals surface area contributed by atoms with Crippen LogP contribution < -0.4 is 5.32 Å². The number of para-hydroxylation sites is 1. The number of anilines is 1. The summed E-state index contributed by atoms with van der Waals surface area (Å²) in [6.45, 7) is 1.91. The number of carbonyl (C=O) groups excluding carboxylic acids is 1. The van der Waals surface area contributed by atoms with Crippen molar-refractivity contribution in [3.63, 3.8) is 0 Å². The lowest BCUT2D eigenvalue weighted by Crippen LogP contribution is -2.13. The molecule has 0 saturated heterocycles. The zero-order valence-corrected chi connectivity index (χ0v) is 16.1. The lowest BCUT2D eigenvalue weighted by molar-refractivity contribution is 0.102. The number of hydrogen-bond donors (Lipinski definition) is 2. The van der Waals surface area contributed by atoms with E-state index in [1.807, 2.05) is 49.4 Å². The van der Waals surface area contributed by atoms with Crippen LogP contribution in [-0.2, 0) is 7.05 Å². The van der Waals surface area contributed by atoms with Gasteiger partial charge in [-0.15, -0.1) is 5.10 Å². The molecule has 2 N–H and O–H groups in total. The van der Waals surface area contributed by atoms with E-state index >= 15 is 0 Å². The highest BCUT2D eigenvalue weighted by molar-refractivity contribution is 7.99. The average Bonchev–Trinajstić information content (AvgIpc) is 3.10. The number of carbonyl (C=O) groups is 1. The van der Waals surface area contributed by atoms with E-state index in [4.69, 9.17) is 0 Å². The number of tetrazole rings is 1. The van der Waals surface area contributed by atoms with Gasteiger partial charge in [-0.3, -0.25) is 4.79 Å². The molecule has 0 unspecified atom stereocenters. The van der Waals surface area contributed by atoms with E-state index in [1.54, 1.807) is 23.9 Å². The lowest BCUT2D eigenvalue weighted by atomic mass is 10.0. The predicted molar refractivity (Wildman–Crippen MR) is 108 cm³/mol. The zero-order valence-electron chi connectivity index (χ0n) is 15.2. The summed E-state index contributed by atoms with van der Waals surface area (Å²) in [4.78, 5) is 13.7. The Bertz CT molecular complexity index is 1190. The molecule has 4 rings (SSSR count). The topological polar surface area (TPSA) is 92.9 Å². The van der Waals surface area contributed by atoms with E-state index in [2.05, 4.69) is 20.8 Å². The average molecular weight is 391 g/mol. The molecule has 140 valence electrons. The van der Waals surface area contributed by atoms with Crippen LogP contribution in [0, 0.1) is 6.92 Å². The Morgan fingerprint density at radius 2 is 1.82 bits per heavy atom. The van der Waals surface area contributed by atoms with Gasteiger partial charge in [0, 0.05) is 23.0 Å². The van der Waals surface area contributed by atoms with Crippen molar-refractivity contribution in [2.75, 3.05) is 5.32 Å². The van der Waals surface area contributed by atoms with E-state index < -0.39 is 0 Å². The lowest BCUT2D eigenvalue weighted by Gasteiger charge is -2.13. The highest BCUT2D eigenvalue weighted by Crippen LogP contribution is 2.39. The van der Waals surface area contributed by atoms with Crippen LogP contribution in [0.4, 0.5) is 5.69 Å². The van der Waals surface area contributed by atoms with Gasteiger partial charge in [-0.25, -0.2) is 4.68 Å². The van der Waals surface area contributed by atoms with Gasteiger partial charge in [-0.1, -0.05) is 42.5 Å². The van der Waals surface area contributed by atoms with Gasteiger partial charge < -0.3 is 10.4 Å². The molecule has 1 amide bonds. The standard InChI is InChI=1S/C20H17N5O2S/c1-12-7-3-6-10-16(12)21-19(27)15-11-17(28-20-22-23-24-25(20)2)13-8-4-5-9-14(13)18(15)26/h3-11,26H,1-2H3,(H,21,27). The summed E-state index contributed by atoms with van der Waals surface area (Å²) >= 11 is 1.34. The molecule has 0 aliphatic heterocycles. The second-order valence-corrected chi connectivity index (χ2v) is 7.28. The fourth-order valence-electron chi connectivity index (χ4n) is 2.89. The highest BCUT2D eigenvalue weighted by atomic mass is 32.2. The smallest absolute Gasteiger partial charge is 0.259 e. The number of aromatic hydroxyl groups is 1. The highest BCUT2D eigenvalue weighted by Gasteiger charge is 2.19. The number of phenolic OH excluding ortho intramolecular Hbond substituents is 1. The summed E-state index contributed by atoms with van der Waals surface area (Å²) in [6.07, 6.45) is 0. The molecule has 4 aromatic rings. The van der Waals surface area contributed by atoms with Crippen LogP contribution in [0.2, 0.25) is 0 Å². The Morgan fingerprint density at radius 3 is 2.54 bits per heavy atom. The second kappa shape index (κ2) is 7.32. The summed E-state index contributed by atoms with van der Waals surface area (Å²) < 4.78 is 1.55. The number of benzene rings is 3. The molecule has 0 atom stereocenters. The molecule has 0 aliphatic rings. The third kappa shape index (κ3) is 3.29. The third-order valence-electron chi connectivity index (χ3n) is 4.40. The summed E-state index contributed by atoms with van der Waals surface area (Å²) in [7, 11) is 1.75. The molecule has 0 spiro atoms. The summed E-state index contributed by atoms with van der Waals surface area (Å²) in [5.41, 5.74) is 1.84. The number of phenols is 1. The zero-order chi connectivity index (χ0) is 19.7. The molecule has 0 aliphatic carbocycles. The van der Waals surface area contributed by atoms with Crippen molar-refractivity contribution in [1.29, 1.82) is 0 Å². The van der Waals surface area contributed by atoms with Crippen molar-refractivity contribution in [1.82, 2.24) is 20.2 Å². The Kier molecular flexibility index (Phi) is 4.70. The first-order valence-corrected chi connectivity index (χ1v) is 9.38. The van der Waals surface area contributed by atoms with Gasteiger partial charge in [0.05, 0.1) is 5.56 Å². The summed E-state index contributed by atoms with van der Waals surface area (Å²) in [6, 6.07) is 16.6. The summed E-state index contributed by atoms with van der Waals surface area (Å²) in [5, 5.41) is 27.1. The minimum absolute atomic E-state index is 0.0536. The minimum Gasteiger partial charge on any atom is -0.506 e. The predicted octanol–water partition coefficient (Wildman–Crippen LogP) is 3.78. The van der Waals surface area contributed by atoms with Crippen molar-refractivity contribution in [3.8, 4) is 5.75 Å². The number of aryl methyl sites for hydroxylation is 2. The van der Waals surface area contributed by atoms with Gasteiger partial charge in [0.2, 0.25) is 5.16 Å². The van der Waals surface area contributed by atoms with Gasteiger partial charge in [-0.2, -0.15) is 0 Å². The van der Waals surface area contributed by atoms with Crippen LogP contribution in [0.5, 0.6) is 5.75 Å². The Balaban J connectivity index is 1.80. The largest absolute Gasteiger partial charge is 0.506 e. The minimum atomic E-state index is -0.379. The van der Waals surface area contributed by atoms with Crippen LogP contribution in [0.15, 0.2) is 64.6 Å². The molecule has 8 heteroatoms. The molecule has 0 saturated carbocycles. The van der Waals surface area contributed by atoms with Crippen molar-refractivity contribution in [3.05, 3.63) is 65.7 Å². The molecule has 3 aromatic carbocycles. The fourth-order valence-corrected chi connectivity index (χ4v) is 3.80. The number of nitrogens with zero attached hydrogens (tertiary/aromatic N) is 4. The fraction of sp³-hybridized carbons (Fsp3) is 0.100. The Hall–Kier alpha value is -3.39. The Morgan fingerprint density at radius 1 is 1.11 bits per heavy atom. The Labute approximate surface area is 165 Å². The van der Waals surface area contributed by atoms with Crippen molar-refractivity contribution < 1.29 is 9.90 Å². The summed E-state index contributed by atoms with van der Waals surface area (Å²) in [5.74, 6) is -0.433. The maximum atomic E-state index is 12.9. The van der Waals surface area contributed by atoms with E-state index in [-0.39, 0.29) is 17.2 Å². The number of rotatable bonds is 4. The van der Waals surface area contributed by atoms with Crippen molar-refractivity contribution >= 4 is 34.1 Å². The molecule has 1 heterocycles. The molecular formula is C20H17N5O2S. The number of fused-ring (bicyclic) bond motifs is 1. The first-order valence-electron chi connectivity index (χ1n) is 8.56. The number of hydrogen-bond acceptors (Lipinski definition) is 6. The number of aromatic nitrogens is 4. The first-order chi connectivity index (χ1) is 13.5. The van der Waals surface area contributed by atoms with Gasteiger partial charge in [0.25, 0.3) is 5.91 Å². The van der Waals surface area contributed by atoms with Gasteiger partial charge in [-0.05, 0) is 52.2 Å². The van der Waals surface area contributed by atoms with Crippen LogP contribution in [-0.4, -0.2) is 31.2 Å². The van der Waals surface area contributed by atoms with Crippen LogP contribution >= 0.6 is 11.8 Å². The van der Waals surface area contributed by atoms with Crippen LogP contribution in [0.25, 0.3) is 10.8 Å². The molecule has 0 fully saturated rings. The van der Waals surface area contributed by atoms with E-state index in [0.717, 1.165) is 15.8 Å². The maximum absolute atomic E-state index is 12.9.